The molecule has 0 unspecified atom stereocenters. The standard InChI is InChI=1S/C15H17N3OS/c19-15(12-10-16-7-8-17-12)18-14(11-4-1-2-5-11)13-6-3-9-20-13/h3,6-11,14H,1-2,4-5H2,(H,18,19)/t14-/m1/s1. The maximum Gasteiger partial charge on any atom is 0.271 e. The number of carbonyl (C=O) groups is 1. The topological polar surface area (TPSA) is 54.9 Å². The number of nitrogens with one attached hydrogen (secondary N) is 1. The van der Waals surface area contributed by atoms with Gasteiger partial charge in [-0.2, -0.15) is 0 Å². The lowest BCUT2D eigenvalue weighted by Gasteiger charge is -2.23. The van der Waals surface area contributed by atoms with Crippen LogP contribution in [0.25, 0.3) is 0 Å². The lowest BCUT2D eigenvalue weighted by atomic mass is 9.96. The number of aromatic nitrogens is 2. The van der Waals surface area contributed by atoms with Crippen molar-refractivity contribution in [3.63, 3.8) is 0 Å². The molecule has 1 atom stereocenters. The summed E-state index contributed by atoms with van der Waals surface area (Å²) in [5, 5.41) is 5.21. The third kappa shape index (κ3) is 2.88. The molecule has 0 aromatic carbocycles. The molecule has 2 aromatic rings. The third-order valence-electron chi connectivity index (χ3n) is 3.80. The van der Waals surface area contributed by atoms with E-state index in [1.165, 1.54) is 36.8 Å². The van der Waals surface area contributed by atoms with Crippen LogP contribution in [-0.2, 0) is 0 Å². The van der Waals surface area contributed by atoms with Crippen molar-refractivity contribution in [1.29, 1.82) is 0 Å². The van der Waals surface area contributed by atoms with Gasteiger partial charge in [0.25, 0.3) is 5.91 Å². The Morgan fingerprint density at radius 3 is 2.85 bits per heavy atom. The van der Waals surface area contributed by atoms with E-state index >= 15 is 0 Å². The molecule has 104 valence electrons. The summed E-state index contributed by atoms with van der Waals surface area (Å²) in [5.74, 6) is 0.401. The highest BCUT2D eigenvalue weighted by atomic mass is 32.1. The quantitative estimate of drug-likeness (QED) is 0.939. The van der Waals surface area contributed by atoms with E-state index in [4.69, 9.17) is 0 Å². The molecule has 0 aliphatic heterocycles. The van der Waals surface area contributed by atoms with E-state index in [0.717, 1.165) is 0 Å². The largest absolute Gasteiger partial charge is 0.343 e. The molecular weight excluding hydrogens is 270 g/mol. The van der Waals surface area contributed by atoms with Gasteiger partial charge in [-0.25, -0.2) is 4.98 Å². The molecule has 4 nitrogen and oxygen atoms in total. The molecule has 0 bridgehead atoms. The van der Waals surface area contributed by atoms with Crippen LogP contribution in [0.15, 0.2) is 36.1 Å². The first-order valence-electron chi connectivity index (χ1n) is 6.95. The predicted octanol–water partition coefficient (Wildman–Crippen LogP) is 3.20. The number of rotatable bonds is 4. The number of amides is 1. The van der Waals surface area contributed by atoms with Crippen molar-refractivity contribution >= 4 is 17.2 Å². The molecule has 2 heterocycles. The van der Waals surface area contributed by atoms with Crippen molar-refractivity contribution in [1.82, 2.24) is 15.3 Å². The average molecular weight is 287 g/mol. The fourth-order valence-electron chi connectivity index (χ4n) is 2.81. The maximum absolute atomic E-state index is 12.3. The van der Waals surface area contributed by atoms with E-state index in [1.807, 2.05) is 6.07 Å². The Bertz CT molecular complexity index is 550. The Morgan fingerprint density at radius 2 is 2.20 bits per heavy atom. The van der Waals surface area contributed by atoms with Gasteiger partial charge in [0.1, 0.15) is 5.69 Å². The molecule has 0 spiro atoms. The molecule has 3 rings (SSSR count). The number of hydrogen-bond acceptors (Lipinski definition) is 4. The summed E-state index contributed by atoms with van der Waals surface area (Å²) in [6.45, 7) is 0. The zero-order valence-corrected chi connectivity index (χ0v) is 12.0. The molecule has 1 saturated carbocycles. The van der Waals surface area contributed by atoms with E-state index in [-0.39, 0.29) is 11.9 Å². The summed E-state index contributed by atoms with van der Waals surface area (Å²) in [7, 11) is 0. The normalized spacial score (nSPS) is 17.0. The highest BCUT2D eigenvalue weighted by Crippen LogP contribution is 2.37. The maximum atomic E-state index is 12.3. The highest BCUT2D eigenvalue weighted by molar-refractivity contribution is 7.10. The summed E-state index contributed by atoms with van der Waals surface area (Å²) in [5.41, 5.74) is 0.382. The minimum atomic E-state index is -0.136. The second-order valence-electron chi connectivity index (χ2n) is 5.10. The Labute approximate surface area is 122 Å². The minimum absolute atomic E-state index is 0.104. The minimum Gasteiger partial charge on any atom is -0.343 e. The van der Waals surface area contributed by atoms with Crippen LogP contribution in [0.2, 0.25) is 0 Å². The van der Waals surface area contributed by atoms with Crippen molar-refractivity contribution in [2.45, 2.75) is 31.7 Å². The molecule has 1 amide bonds. The third-order valence-corrected chi connectivity index (χ3v) is 4.76. The van der Waals surface area contributed by atoms with Crippen LogP contribution in [-0.4, -0.2) is 15.9 Å². The van der Waals surface area contributed by atoms with Gasteiger partial charge in [0.2, 0.25) is 0 Å². The SMILES string of the molecule is O=C(N[C@@H](c1cccs1)C1CCCC1)c1cnccn1. The fraction of sp³-hybridized carbons (Fsp3) is 0.400. The summed E-state index contributed by atoms with van der Waals surface area (Å²) in [6.07, 6.45) is 9.51. The first-order chi connectivity index (χ1) is 9.84. The van der Waals surface area contributed by atoms with Gasteiger partial charge >= 0.3 is 0 Å². The van der Waals surface area contributed by atoms with Crippen LogP contribution in [0.5, 0.6) is 0 Å². The van der Waals surface area contributed by atoms with E-state index in [2.05, 4.69) is 26.7 Å². The van der Waals surface area contributed by atoms with Gasteiger partial charge in [-0.05, 0) is 30.2 Å². The second-order valence-corrected chi connectivity index (χ2v) is 6.08. The van der Waals surface area contributed by atoms with Crippen LogP contribution in [0.3, 0.4) is 0 Å². The van der Waals surface area contributed by atoms with Crippen LogP contribution in [0.1, 0.15) is 47.1 Å². The van der Waals surface area contributed by atoms with Gasteiger partial charge in [0, 0.05) is 17.3 Å². The van der Waals surface area contributed by atoms with Gasteiger partial charge in [-0.3, -0.25) is 9.78 Å². The second kappa shape index (κ2) is 6.13. The van der Waals surface area contributed by atoms with Gasteiger partial charge in [0.05, 0.1) is 12.2 Å². The summed E-state index contributed by atoms with van der Waals surface area (Å²) >= 11 is 1.70. The molecule has 1 aliphatic rings. The molecule has 20 heavy (non-hydrogen) atoms. The Hall–Kier alpha value is -1.75. The van der Waals surface area contributed by atoms with E-state index in [1.54, 1.807) is 23.7 Å². The lowest BCUT2D eigenvalue weighted by molar-refractivity contribution is 0.0917. The lowest BCUT2D eigenvalue weighted by Crippen LogP contribution is -2.32. The zero-order chi connectivity index (χ0) is 13.8. The molecule has 1 N–H and O–H groups in total. The number of carbonyl (C=O) groups excluding carboxylic acids is 1. The van der Waals surface area contributed by atoms with Crippen molar-refractivity contribution in [2.24, 2.45) is 5.92 Å². The molecule has 2 aromatic heterocycles. The van der Waals surface area contributed by atoms with E-state index < -0.39 is 0 Å². The first kappa shape index (κ1) is 13.2. The predicted molar refractivity (Wildman–Crippen MR) is 78.5 cm³/mol. The number of nitrogens with zero attached hydrogens (tertiary/aromatic N) is 2. The summed E-state index contributed by atoms with van der Waals surface area (Å²) in [6, 6.07) is 4.24. The molecule has 1 fully saturated rings. The monoisotopic (exact) mass is 287 g/mol. The van der Waals surface area contributed by atoms with Gasteiger partial charge in [-0.1, -0.05) is 18.9 Å². The zero-order valence-electron chi connectivity index (χ0n) is 11.2. The van der Waals surface area contributed by atoms with Gasteiger partial charge in [0.15, 0.2) is 0 Å². The Morgan fingerprint density at radius 1 is 1.35 bits per heavy atom. The molecule has 1 aliphatic carbocycles. The van der Waals surface area contributed by atoms with Crippen molar-refractivity contribution in [3.8, 4) is 0 Å². The van der Waals surface area contributed by atoms with Crippen molar-refractivity contribution < 1.29 is 4.79 Å². The number of thiophene rings is 1. The Balaban J connectivity index is 1.78. The smallest absolute Gasteiger partial charge is 0.271 e. The van der Waals surface area contributed by atoms with Crippen LogP contribution in [0.4, 0.5) is 0 Å². The van der Waals surface area contributed by atoms with Crippen LogP contribution in [0, 0.1) is 5.92 Å². The number of hydrogen-bond donors (Lipinski definition) is 1. The van der Waals surface area contributed by atoms with Gasteiger partial charge < -0.3 is 5.32 Å². The van der Waals surface area contributed by atoms with Gasteiger partial charge in [-0.15, -0.1) is 11.3 Å². The van der Waals surface area contributed by atoms with E-state index in [9.17, 15) is 4.79 Å². The average Bonchev–Trinajstić information content (AvgIpc) is 3.19. The molecule has 5 heteroatoms. The summed E-state index contributed by atoms with van der Waals surface area (Å²) < 4.78 is 0. The Kier molecular flexibility index (Phi) is 4.06. The highest BCUT2D eigenvalue weighted by Gasteiger charge is 2.28. The van der Waals surface area contributed by atoms with Crippen molar-refractivity contribution in [2.75, 3.05) is 0 Å². The molecular formula is C15H17N3OS. The first-order valence-corrected chi connectivity index (χ1v) is 7.83. The van der Waals surface area contributed by atoms with Crippen LogP contribution >= 0.6 is 11.3 Å². The molecule has 0 saturated heterocycles. The fourth-order valence-corrected chi connectivity index (χ4v) is 3.68. The summed E-state index contributed by atoms with van der Waals surface area (Å²) in [4.78, 5) is 21.5. The van der Waals surface area contributed by atoms with Crippen LogP contribution < -0.4 is 5.32 Å². The van der Waals surface area contributed by atoms with Crippen molar-refractivity contribution in [3.05, 3.63) is 46.7 Å². The molecule has 0 radical (unpaired) electrons. The van der Waals surface area contributed by atoms with E-state index in [0.29, 0.717) is 11.6 Å².